The van der Waals surface area contributed by atoms with Gasteiger partial charge in [-0.25, -0.2) is 0 Å². The average molecular weight is 201 g/mol. The lowest BCUT2D eigenvalue weighted by Gasteiger charge is -2.22. The minimum absolute atomic E-state index is 0.0873. The number of carbonyl (C=O) groups excluding carboxylic acids is 1. The molecule has 1 aliphatic carbocycles. The van der Waals surface area contributed by atoms with Crippen LogP contribution in [0.1, 0.15) is 29.2 Å². The third-order valence-corrected chi connectivity index (χ3v) is 3.13. The van der Waals surface area contributed by atoms with Gasteiger partial charge in [0.15, 0.2) is 0 Å². The monoisotopic (exact) mass is 201 g/mol. The average Bonchev–Trinajstić information content (AvgIpc) is 2.55. The minimum Gasteiger partial charge on any atom is -0.468 e. The van der Waals surface area contributed by atoms with Gasteiger partial charge in [0, 0.05) is 41.8 Å². The standard InChI is InChI=1S/C12H11NO2/c14-6-8-3-9-1-2-13-5-10-7-15-11(4-8)12(9)10/h1-2,5-9H,3-4H2. The van der Waals surface area contributed by atoms with Crippen LogP contribution in [0.5, 0.6) is 0 Å². The van der Waals surface area contributed by atoms with E-state index in [1.165, 1.54) is 5.56 Å². The number of carbonyl (C=O) groups is 1. The van der Waals surface area contributed by atoms with E-state index in [4.69, 9.17) is 4.42 Å². The van der Waals surface area contributed by atoms with E-state index < -0.39 is 0 Å². The number of rotatable bonds is 1. The van der Waals surface area contributed by atoms with Gasteiger partial charge >= 0.3 is 0 Å². The fraction of sp³-hybridized carbons (Fsp3) is 0.333. The fourth-order valence-electron chi connectivity index (χ4n) is 2.42. The predicted molar refractivity (Wildman–Crippen MR) is 56.1 cm³/mol. The Morgan fingerprint density at radius 2 is 2.47 bits per heavy atom. The Balaban J connectivity index is 2.12. The number of allylic oxidation sites excluding steroid dienone is 1. The molecule has 0 saturated heterocycles. The zero-order valence-electron chi connectivity index (χ0n) is 8.22. The van der Waals surface area contributed by atoms with Crippen molar-refractivity contribution in [2.24, 2.45) is 10.9 Å². The summed E-state index contributed by atoms with van der Waals surface area (Å²) in [6, 6.07) is 0. The van der Waals surface area contributed by atoms with Crippen molar-refractivity contribution in [3.05, 3.63) is 35.4 Å². The second kappa shape index (κ2) is 3.19. The van der Waals surface area contributed by atoms with Crippen LogP contribution in [0, 0.1) is 5.92 Å². The minimum atomic E-state index is 0.0873. The summed E-state index contributed by atoms with van der Waals surface area (Å²) in [5, 5.41) is 0. The Labute approximate surface area is 87.5 Å². The summed E-state index contributed by atoms with van der Waals surface area (Å²) in [6.45, 7) is 0. The molecule has 0 fully saturated rings. The van der Waals surface area contributed by atoms with Crippen molar-refractivity contribution in [2.75, 3.05) is 0 Å². The Bertz CT molecular complexity index is 456. The zero-order valence-corrected chi connectivity index (χ0v) is 8.22. The SMILES string of the molecule is O=CC1Cc2occ3c2C(C=CN=C3)C1. The molecule has 0 radical (unpaired) electrons. The van der Waals surface area contributed by atoms with E-state index in [-0.39, 0.29) is 5.92 Å². The molecule has 1 aromatic rings. The van der Waals surface area contributed by atoms with Crippen LogP contribution in [0.3, 0.4) is 0 Å². The van der Waals surface area contributed by atoms with Crippen LogP contribution in [0.2, 0.25) is 0 Å². The number of aldehydes is 1. The van der Waals surface area contributed by atoms with Crippen molar-refractivity contribution < 1.29 is 9.21 Å². The Morgan fingerprint density at radius 1 is 1.53 bits per heavy atom. The van der Waals surface area contributed by atoms with Crippen LogP contribution in [0.25, 0.3) is 0 Å². The van der Waals surface area contributed by atoms with Gasteiger partial charge in [0.05, 0.1) is 6.26 Å². The van der Waals surface area contributed by atoms with Gasteiger partial charge in [0.1, 0.15) is 12.0 Å². The molecule has 0 amide bonds. The van der Waals surface area contributed by atoms with Crippen molar-refractivity contribution >= 4 is 12.5 Å². The first-order valence-electron chi connectivity index (χ1n) is 5.14. The Hall–Kier alpha value is -1.64. The lowest BCUT2D eigenvalue weighted by atomic mass is 9.80. The summed E-state index contributed by atoms with van der Waals surface area (Å²) in [4.78, 5) is 15.0. The van der Waals surface area contributed by atoms with Gasteiger partial charge in [-0.1, -0.05) is 6.08 Å². The van der Waals surface area contributed by atoms with Gasteiger partial charge in [-0.3, -0.25) is 4.99 Å². The van der Waals surface area contributed by atoms with Gasteiger partial charge < -0.3 is 9.21 Å². The summed E-state index contributed by atoms with van der Waals surface area (Å²) >= 11 is 0. The molecule has 2 aliphatic rings. The van der Waals surface area contributed by atoms with Crippen molar-refractivity contribution in [2.45, 2.75) is 18.8 Å². The number of hydrogen-bond donors (Lipinski definition) is 0. The highest BCUT2D eigenvalue weighted by Gasteiger charge is 2.30. The van der Waals surface area contributed by atoms with Crippen molar-refractivity contribution in [3.8, 4) is 0 Å². The predicted octanol–water partition coefficient (Wildman–Crippen LogP) is 2.07. The van der Waals surface area contributed by atoms with Gasteiger partial charge in [-0.2, -0.15) is 0 Å². The van der Waals surface area contributed by atoms with Crippen molar-refractivity contribution in [3.63, 3.8) is 0 Å². The molecule has 2 heterocycles. The zero-order chi connectivity index (χ0) is 10.3. The first-order chi connectivity index (χ1) is 7.38. The molecule has 1 aliphatic heterocycles. The Kier molecular flexibility index (Phi) is 1.84. The number of nitrogens with zero attached hydrogens (tertiary/aromatic N) is 1. The van der Waals surface area contributed by atoms with Crippen LogP contribution in [-0.4, -0.2) is 12.5 Å². The third-order valence-electron chi connectivity index (χ3n) is 3.13. The van der Waals surface area contributed by atoms with Crippen LogP contribution >= 0.6 is 0 Å². The number of aliphatic imine (C=N–C) groups is 1. The molecule has 0 bridgehead atoms. The molecule has 0 aromatic carbocycles. The summed E-state index contributed by atoms with van der Waals surface area (Å²) in [5.74, 6) is 1.33. The van der Waals surface area contributed by atoms with Gasteiger partial charge in [-0.15, -0.1) is 0 Å². The molecule has 1 aromatic heterocycles. The highest BCUT2D eigenvalue weighted by molar-refractivity contribution is 5.83. The lowest BCUT2D eigenvalue weighted by Crippen LogP contribution is -2.18. The summed E-state index contributed by atoms with van der Waals surface area (Å²) in [6.07, 6.45) is 10.1. The molecular formula is C12H11NO2. The third kappa shape index (κ3) is 1.27. The highest BCUT2D eigenvalue weighted by atomic mass is 16.3. The maximum Gasteiger partial charge on any atom is 0.123 e. The molecule has 0 saturated carbocycles. The Morgan fingerprint density at radius 3 is 3.33 bits per heavy atom. The largest absolute Gasteiger partial charge is 0.468 e. The van der Waals surface area contributed by atoms with Crippen LogP contribution in [-0.2, 0) is 11.2 Å². The number of hydrogen-bond acceptors (Lipinski definition) is 3. The maximum atomic E-state index is 10.8. The molecule has 3 rings (SSSR count). The molecule has 0 spiro atoms. The van der Waals surface area contributed by atoms with E-state index in [0.29, 0.717) is 5.92 Å². The molecule has 76 valence electrons. The van der Waals surface area contributed by atoms with Crippen molar-refractivity contribution in [1.82, 2.24) is 0 Å². The normalized spacial score (nSPS) is 27.2. The molecule has 2 atom stereocenters. The molecular weight excluding hydrogens is 190 g/mol. The van der Waals surface area contributed by atoms with E-state index in [1.54, 1.807) is 6.26 Å². The quantitative estimate of drug-likeness (QED) is 0.653. The summed E-state index contributed by atoms with van der Waals surface area (Å²) < 4.78 is 5.49. The summed E-state index contributed by atoms with van der Waals surface area (Å²) in [5.41, 5.74) is 2.29. The second-order valence-electron chi connectivity index (χ2n) is 4.09. The van der Waals surface area contributed by atoms with E-state index in [9.17, 15) is 4.79 Å². The molecule has 3 heteroatoms. The van der Waals surface area contributed by atoms with Crippen molar-refractivity contribution in [1.29, 1.82) is 0 Å². The first kappa shape index (κ1) is 8.65. The number of furan rings is 1. The molecule has 3 nitrogen and oxygen atoms in total. The van der Waals surface area contributed by atoms with E-state index in [2.05, 4.69) is 11.1 Å². The van der Waals surface area contributed by atoms with E-state index in [1.807, 2.05) is 12.4 Å². The topological polar surface area (TPSA) is 42.6 Å². The van der Waals surface area contributed by atoms with Crippen LogP contribution in [0.15, 0.2) is 27.9 Å². The van der Waals surface area contributed by atoms with Crippen LogP contribution in [0.4, 0.5) is 0 Å². The maximum absolute atomic E-state index is 10.8. The van der Waals surface area contributed by atoms with Crippen LogP contribution < -0.4 is 0 Å². The second-order valence-corrected chi connectivity index (χ2v) is 4.09. The van der Waals surface area contributed by atoms with Gasteiger partial charge in [-0.05, 0) is 6.42 Å². The fourth-order valence-corrected chi connectivity index (χ4v) is 2.42. The van der Waals surface area contributed by atoms with E-state index in [0.717, 1.165) is 30.5 Å². The molecule has 15 heavy (non-hydrogen) atoms. The molecule has 0 N–H and O–H groups in total. The lowest BCUT2D eigenvalue weighted by molar-refractivity contribution is -0.111. The first-order valence-corrected chi connectivity index (χ1v) is 5.14. The smallest absolute Gasteiger partial charge is 0.123 e. The summed E-state index contributed by atoms with van der Waals surface area (Å²) in [7, 11) is 0. The molecule has 2 unspecified atom stereocenters. The van der Waals surface area contributed by atoms with E-state index >= 15 is 0 Å². The van der Waals surface area contributed by atoms with Gasteiger partial charge in [0.25, 0.3) is 0 Å². The highest BCUT2D eigenvalue weighted by Crippen LogP contribution is 2.38. The van der Waals surface area contributed by atoms with Gasteiger partial charge in [0.2, 0.25) is 0 Å².